The first-order valence-corrected chi connectivity index (χ1v) is 3.83. The van der Waals surface area contributed by atoms with Gasteiger partial charge in [-0.2, -0.15) is 5.26 Å². The molecular weight excluding hydrogens is 150 g/mol. The molecule has 0 aliphatic carbocycles. The maximum absolute atomic E-state index is 8.19. The summed E-state index contributed by atoms with van der Waals surface area (Å²) in [6.07, 6.45) is 1.24. The van der Waals surface area contributed by atoms with Crippen molar-refractivity contribution in [1.29, 1.82) is 5.26 Å². The molecule has 0 bridgehead atoms. The van der Waals surface area contributed by atoms with Gasteiger partial charge in [0.2, 0.25) is 0 Å². The lowest BCUT2D eigenvalue weighted by Crippen LogP contribution is -2.08. The lowest BCUT2D eigenvalue weighted by molar-refractivity contribution is 0.146. The Morgan fingerprint density at radius 3 is 2.90 bits per heavy atom. The summed E-state index contributed by atoms with van der Waals surface area (Å²) in [6.45, 7) is 3.17. The number of rotatable bonds is 5. The summed E-state index contributed by atoms with van der Waals surface area (Å²) in [6, 6.07) is 2.04. The maximum Gasteiger partial charge on any atom is 0.0630 e. The van der Waals surface area contributed by atoms with Gasteiger partial charge >= 0.3 is 0 Å². The van der Waals surface area contributed by atoms with E-state index in [1.54, 1.807) is 0 Å². The Morgan fingerprint density at radius 1 is 1.70 bits per heavy atom. The minimum atomic E-state index is -0.000370. The quantitative estimate of drug-likeness (QED) is 0.578. The highest BCUT2D eigenvalue weighted by Gasteiger charge is 2.02. The van der Waals surface area contributed by atoms with Crippen LogP contribution in [0.4, 0.5) is 0 Å². The second kappa shape index (κ2) is 6.85. The monoisotopic (exact) mass is 161 g/mol. The van der Waals surface area contributed by atoms with Gasteiger partial charge in [0.15, 0.2) is 0 Å². The van der Waals surface area contributed by atoms with Gasteiger partial charge in [0.05, 0.1) is 18.1 Å². The van der Waals surface area contributed by atoms with Crippen LogP contribution in [-0.4, -0.2) is 18.6 Å². The summed E-state index contributed by atoms with van der Waals surface area (Å²) >= 11 is 5.76. The lowest BCUT2D eigenvalue weighted by atomic mass is 10.2. The van der Waals surface area contributed by atoms with Gasteiger partial charge in [-0.05, 0) is 13.3 Å². The fourth-order valence-corrected chi connectivity index (χ4v) is 0.748. The molecule has 58 valence electrons. The van der Waals surface area contributed by atoms with Crippen molar-refractivity contribution in [2.24, 2.45) is 0 Å². The van der Waals surface area contributed by atoms with E-state index >= 15 is 0 Å². The smallest absolute Gasteiger partial charge is 0.0630 e. The SMILES string of the molecule is CCOCC(Cl)CCC#N. The van der Waals surface area contributed by atoms with Gasteiger partial charge in [-0.3, -0.25) is 0 Å². The van der Waals surface area contributed by atoms with Gasteiger partial charge in [0, 0.05) is 13.0 Å². The molecule has 0 N–H and O–H groups in total. The molecule has 0 spiro atoms. The highest BCUT2D eigenvalue weighted by atomic mass is 35.5. The Bertz CT molecular complexity index is 111. The predicted octanol–water partition coefficient (Wildman–Crippen LogP) is 1.93. The molecule has 0 rings (SSSR count). The van der Waals surface area contributed by atoms with Crippen LogP contribution in [0.25, 0.3) is 0 Å². The van der Waals surface area contributed by atoms with Crippen molar-refractivity contribution in [1.82, 2.24) is 0 Å². The molecule has 2 nitrogen and oxygen atoms in total. The van der Waals surface area contributed by atoms with Gasteiger partial charge in [0.25, 0.3) is 0 Å². The molecule has 0 radical (unpaired) electrons. The van der Waals surface area contributed by atoms with Crippen LogP contribution in [0.3, 0.4) is 0 Å². The van der Waals surface area contributed by atoms with Crippen molar-refractivity contribution >= 4 is 11.6 Å². The van der Waals surface area contributed by atoms with E-state index < -0.39 is 0 Å². The van der Waals surface area contributed by atoms with E-state index in [4.69, 9.17) is 21.6 Å². The minimum Gasteiger partial charge on any atom is -0.380 e. The molecule has 10 heavy (non-hydrogen) atoms. The molecule has 0 aromatic rings. The molecular formula is C7H12ClNO. The summed E-state index contributed by atoms with van der Waals surface area (Å²) in [5.74, 6) is 0. The molecule has 1 atom stereocenters. The standard InChI is InChI=1S/C7H12ClNO/c1-2-10-6-7(8)4-3-5-9/h7H,2-4,6H2,1H3. The van der Waals surface area contributed by atoms with E-state index in [0.29, 0.717) is 19.6 Å². The van der Waals surface area contributed by atoms with E-state index in [0.717, 1.165) is 6.42 Å². The topological polar surface area (TPSA) is 33.0 Å². The molecule has 0 aliphatic rings. The van der Waals surface area contributed by atoms with Crippen molar-refractivity contribution in [2.45, 2.75) is 25.1 Å². The molecule has 0 aliphatic heterocycles. The van der Waals surface area contributed by atoms with Crippen LogP contribution in [0.5, 0.6) is 0 Å². The Balaban J connectivity index is 3.10. The normalized spacial score (nSPS) is 12.5. The van der Waals surface area contributed by atoms with Gasteiger partial charge in [-0.15, -0.1) is 11.6 Å². The maximum atomic E-state index is 8.19. The third kappa shape index (κ3) is 5.87. The summed E-state index contributed by atoms with van der Waals surface area (Å²) in [7, 11) is 0. The zero-order valence-electron chi connectivity index (χ0n) is 6.14. The summed E-state index contributed by atoms with van der Waals surface area (Å²) < 4.78 is 5.05. The van der Waals surface area contributed by atoms with Crippen molar-refractivity contribution in [3.8, 4) is 6.07 Å². The first kappa shape index (κ1) is 9.74. The molecule has 0 aromatic carbocycles. The summed E-state index contributed by atoms with van der Waals surface area (Å²) in [5, 5.41) is 8.19. The largest absolute Gasteiger partial charge is 0.380 e. The fourth-order valence-electron chi connectivity index (χ4n) is 0.550. The number of hydrogen-bond acceptors (Lipinski definition) is 2. The number of halogens is 1. The fraction of sp³-hybridized carbons (Fsp3) is 0.857. The third-order valence-corrected chi connectivity index (χ3v) is 1.42. The molecule has 0 saturated heterocycles. The number of nitrogens with zero attached hydrogens (tertiary/aromatic N) is 1. The van der Waals surface area contributed by atoms with Crippen LogP contribution in [0, 0.1) is 11.3 Å². The second-order valence-electron chi connectivity index (χ2n) is 1.95. The van der Waals surface area contributed by atoms with Gasteiger partial charge < -0.3 is 4.74 Å². The van der Waals surface area contributed by atoms with Crippen molar-refractivity contribution < 1.29 is 4.74 Å². The average Bonchev–Trinajstić information content (AvgIpc) is 1.97. The number of nitriles is 1. The van der Waals surface area contributed by atoms with Crippen LogP contribution >= 0.6 is 11.6 Å². The number of alkyl halides is 1. The minimum absolute atomic E-state index is 0.000370. The molecule has 0 saturated carbocycles. The summed E-state index contributed by atoms with van der Waals surface area (Å²) in [4.78, 5) is 0. The Hall–Kier alpha value is -0.260. The van der Waals surface area contributed by atoms with Crippen LogP contribution in [0.2, 0.25) is 0 Å². The van der Waals surface area contributed by atoms with Crippen LogP contribution in [0.15, 0.2) is 0 Å². The van der Waals surface area contributed by atoms with Crippen LogP contribution < -0.4 is 0 Å². The van der Waals surface area contributed by atoms with E-state index in [2.05, 4.69) is 0 Å². The Kier molecular flexibility index (Phi) is 6.68. The molecule has 3 heteroatoms. The number of ether oxygens (including phenoxy) is 1. The Morgan fingerprint density at radius 2 is 2.40 bits per heavy atom. The van der Waals surface area contributed by atoms with Crippen LogP contribution in [0.1, 0.15) is 19.8 Å². The second-order valence-corrected chi connectivity index (χ2v) is 2.57. The van der Waals surface area contributed by atoms with Crippen LogP contribution in [-0.2, 0) is 4.74 Å². The highest BCUT2D eigenvalue weighted by molar-refractivity contribution is 6.20. The van der Waals surface area contributed by atoms with E-state index in [1.165, 1.54) is 0 Å². The van der Waals surface area contributed by atoms with Crippen molar-refractivity contribution in [3.63, 3.8) is 0 Å². The van der Waals surface area contributed by atoms with Crippen molar-refractivity contribution in [2.75, 3.05) is 13.2 Å². The Labute approximate surface area is 66.7 Å². The summed E-state index contributed by atoms with van der Waals surface area (Å²) in [5.41, 5.74) is 0. The van der Waals surface area contributed by atoms with Gasteiger partial charge in [-0.25, -0.2) is 0 Å². The molecule has 0 aromatic heterocycles. The third-order valence-electron chi connectivity index (χ3n) is 1.07. The highest BCUT2D eigenvalue weighted by Crippen LogP contribution is 2.04. The van der Waals surface area contributed by atoms with Gasteiger partial charge in [-0.1, -0.05) is 0 Å². The van der Waals surface area contributed by atoms with Crippen molar-refractivity contribution in [3.05, 3.63) is 0 Å². The zero-order valence-corrected chi connectivity index (χ0v) is 6.90. The van der Waals surface area contributed by atoms with E-state index in [9.17, 15) is 0 Å². The molecule has 0 heterocycles. The van der Waals surface area contributed by atoms with E-state index in [-0.39, 0.29) is 5.38 Å². The predicted molar refractivity (Wildman–Crippen MR) is 41.0 cm³/mol. The first-order valence-electron chi connectivity index (χ1n) is 3.40. The van der Waals surface area contributed by atoms with Gasteiger partial charge in [0.1, 0.15) is 0 Å². The van der Waals surface area contributed by atoms with E-state index in [1.807, 2.05) is 13.0 Å². The lowest BCUT2D eigenvalue weighted by Gasteiger charge is -2.05. The molecule has 1 unspecified atom stereocenters. The average molecular weight is 162 g/mol. The molecule has 0 fully saturated rings. The first-order chi connectivity index (χ1) is 4.81. The molecule has 0 amide bonds. The number of hydrogen-bond donors (Lipinski definition) is 0. The zero-order chi connectivity index (χ0) is 7.82.